The van der Waals surface area contributed by atoms with Crippen molar-refractivity contribution in [1.82, 2.24) is 19.7 Å². The predicted molar refractivity (Wildman–Crippen MR) is 140 cm³/mol. The van der Waals surface area contributed by atoms with Gasteiger partial charge in [0.15, 0.2) is 0 Å². The summed E-state index contributed by atoms with van der Waals surface area (Å²) < 4.78 is 2.28. The first kappa shape index (κ1) is 23.4. The lowest BCUT2D eigenvalue weighted by Crippen LogP contribution is -2.51. The molecule has 1 aromatic heterocycles. The Kier molecular flexibility index (Phi) is 6.52. The van der Waals surface area contributed by atoms with E-state index in [1.54, 1.807) is 0 Å². The first-order valence-electron chi connectivity index (χ1n) is 12.8. The number of aryl methyl sites for hydroxylation is 1. The molecule has 7 heteroatoms. The molecule has 3 heterocycles. The molecule has 2 amide bonds. The van der Waals surface area contributed by atoms with Gasteiger partial charge in [-0.05, 0) is 43.3 Å². The summed E-state index contributed by atoms with van der Waals surface area (Å²) in [4.78, 5) is 32.7. The van der Waals surface area contributed by atoms with Gasteiger partial charge < -0.3 is 24.6 Å². The fraction of sp³-hybridized carbons (Fsp3) is 0.429. The van der Waals surface area contributed by atoms with Crippen molar-refractivity contribution in [3.8, 4) is 0 Å². The quantitative estimate of drug-likeness (QED) is 0.543. The van der Waals surface area contributed by atoms with Crippen LogP contribution in [-0.4, -0.2) is 66.0 Å². The average molecular weight is 474 g/mol. The molecular weight excluding hydrogens is 438 g/mol. The molecule has 0 saturated carbocycles. The van der Waals surface area contributed by atoms with Gasteiger partial charge in [0.05, 0.1) is 16.9 Å². The van der Waals surface area contributed by atoms with Gasteiger partial charge in [-0.15, -0.1) is 0 Å². The third-order valence-electron chi connectivity index (χ3n) is 7.61. The fourth-order valence-electron chi connectivity index (χ4n) is 5.74. The molecule has 0 aliphatic carbocycles. The van der Waals surface area contributed by atoms with E-state index in [2.05, 4.69) is 64.8 Å². The molecule has 1 N–H and O–H groups in total. The number of likely N-dealkylation sites (N-methyl/N-ethyl adjacent to an activating group) is 1. The maximum atomic E-state index is 13.4. The highest BCUT2D eigenvalue weighted by Gasteiger charge is 2.42. The van der Waals surface area contributed by atoms with E-state index in [0.717, 1.165) is 48.5 Å². The summed E-state index contributed by atoms with van der Waals surface area (Å²) in [6, 6.07) is 16.3. The Morgan fingerprint density at radius 1 is 1.09 bits per heavy atom. The molecule has 3 aromatic rings. The summed E-state index contributed by atoms with van der Waals surface area (Å²) in [6.45, 7) is 9.05. The van der Waals surface area contributed by atoms with Crippen molar-refractivity contribution in [2.75, 3.05) is 44.7 Å². The second-order valence-electron chi connectivity index (χ2n) is 9.41. The standard InChI is InChI=1S/C28H35N5O2/c1-4-31(5-2)19-16-29-25(34)15-18-32-24-13-9-6-10-20(24)21-14-17-33-27(26(21)32)30(3)23-12-8-7-11-22(23)28(33)35/h6-13,27H,4-5,14-19H2,1-3H3,(H,29,34)/t27-/m1/s1. The largest absolute Gasteiger partial charge is 0.355 e. The predicted octanol–water partition coefficient (Wildman–Crippen LogP) is 3.64. The topological polar surface area (TPSA) is 60.8 Å². The number of fused-ring (bicyclic) bond motifs is 6. The highest BCUT2D eigenvalue weighted by Crippen LogP contribution is 2.44. The summed E-state index contributed by atoms with van der Waals surface area (Å²) >= 11 is 0. The number of hydrogen-bond acceptors (Lipinski definition) is 4. The molecule has 2 aliphatic rings. The summed E-state index contributed by atoms with van der Waals surface area (Å²) in [5.41, 5.74) is 5.28. The van der Waals surface area contributed by atoms with Crippen LogP contribution in [0.5, 0.6) is 0 Å². The minimum atomic E-state index is -0.181. The van der Waals surface area contributed by atoms with Crippen LogP contribution < -0.4 is 10.2 Å². The number of carbonyl (C=O) groups excluding carboxylic acids is 2. The van der Waals surface area contributed by atoms with Crippen molar-refractivity contribution >= 4 is 28.4 Å². The molecule has 0 fully saturated rings. The SMILES string of the molecule is CCN(CC)CCNC(=O)CCn1c2c(c3ccccc31)CCN1C(=O)c3ccccc3N(C)[C@@H]21. The normalized spacial score (nSPS) is 16.9. The van der Waals surface area contributed by atoms with Crippen molar-refractivity contribution in [3.63, 3.8) is 0 Å². The average Bonchev–Trinajstić information content (AvgIpc) is 3.22. The maximum Gasteiger partial charge on any atom is 0.257 e. The van der Waals surface area contributed by atoms with E-state index in [0.29, 0.717) is 26.1 Å². The molecular formula is C28H35N5O2. The van der Waals surface area contributed by atoms with Crippen LogP contribution in [0.15, 0.2) is 48.5 Å². The number of anilines is 1. The lowest BCUT2D eigenvalue weighted by atomic mass is 9.96. The van der Waals surface area contributed by atoms with Crippen LogP contribution in [0.4, 0.5) is 5.69 Å². The Morgan fingerprint density at radius 3 is 2.63 bits per heavy atom. The van der Waals surface area contributed by atoms with Crippen molar-refractivity contribution in [2.24, 2.45) is 0 Å². The monoisotopic (exact) mass is 473 g/mol. The molecule has 0 bridgehead atoms. The number of carbonyl (C=O) groups is 2. The lowest BCUT2D eigenvalue weighted by molar-refractivity contribution is -0.121. The Balaban J connectivity index is 1.45. The molecule has 1 atom stereocenters. The second kappa shape index (κ2) is 9.74. The molecule has 184 valence electrons. The van der Waals surface area contributed by atoms with Crippen molar-refractivity contribution in [1.29, 1.82) is 0 Å². The van der Waals surface area contributed by atoms with Gasteiger partial charge in [-0.25, -0.2) is 0 Å². The zero-order valence-electron chi connectivity index (χ0n) is 21.0. The third kappa shape index (κ3) is 4.08. The van der Waals surface area contributed by atoms with Gasteiger partial charge in [-0.1, -0.05) is 44.2 Å². The number of nitrogens with one attached hydrogen (secondary N) is 1. The molecule has 35 heavy (non-hydrogen) atoms. The molecule has 5 rings (SSSR count). The summed E-state index contributed by atoms with van der Waals surface area (Å²) in [7, 11) is 2.07. The van der Waals surface area contributed by atoms with Crippen molar-refractivity contribution < 1.29 is 9.59 Å². The highest BCUT2D eigenvalue weighted by atomic mass is 16.2. The van der Waals surface area contributed by atoms with E-state index in [1.165, 1.54) is 10.9 Å². The fourth-order valence-corrected chi connectivity index (χ4v) is 5.74. The number of amides is 2. The van der Waals surface area contributed by atoms with Crippen LogP contribution in [0.1, 0.15) is 48.0 Å². The van der Waals surface area contributed by atoms with Gasteiger partial charge in [0.25, 0.3) is 5.91 Å². The lowest BCUT2D eigenvalue weighted by Gasteiger charge is -2.46. The van der Waals surface area contributed by atoms with Gasteiger partial charge >= 0.3 is 0 Å². The zero-order chi connectivity index (χ0) is 24.5. The van der Waals surface area contributed by atoms with E-state index in [-0.39, 0.29) is 18.0 Å². The van der Waals surface area contributed by atoms with E-state index in [4.69, 9.17) is 0 Å². The summed E-state index contributed by atoms with van der Waals surface area (Å²) in [5.74, 6) is 0.148. The maximum absolute atomic E-state index is 13.4. The number of para-hydroxylation sites is 2. The van der Waals surface area contributed by atoms with Crippen LogP contribution >= 0.6 is 0 Å². The summed E-state index contributed by atoms with van der Waals surface area (Å²) in [5, 5.41) is 4.31. The second-order valence-corrected chi connectivity index (χ2v) is 9.41. The van der Waals surface area contributed by atoms with Crippen LogP contribution in [0.25, 0.3) is 10.9 Å². The molecule has 0 saturated heterocycles. The molecule has 0 unspecified atom stereocenters. The Bertz CT molecular complexity index is 1250. The zero-order valence-corrected chi connectivity index (χ0v) is 21.0. The van der Waals surface area contributed by atoms with E-state index in [9.17, 15) is 9.59 Å². The molecule has 2 aliphatic heterocycles. The van der Waals surface area contributed by atoms with E-state index in [1.807, 2.05) is 29.2 Å². The summed E-state index contributed by atoms with van der Waals surface area (Å²) in [6.07, 6.45) is 1.04. The van der Waals surface area contributed by atoms with Crippen molar-refractivity contribution in [3.05, 3.63) is 65.4 Å². The van der Waals surface area contributed by atoms with Crippen molar-refractivity contribution in [2.45, 2.75) is 39.4 Å². The van der Waals surface area contributed by atoms with Crippen LogP contribution in [-0.2, 0) is 17.8 Å². The Morgan fingerprint density at radius 2 is 1.83 bits per heavy atom. The Labute approximate surface area is 207 Å². The molecule has 7 nitrogen and oxygen atoms in total. The molecule has 0 spiro atoms. The van der Waals surface area contributed by atoms with Crippen LogP contribution in [0.2, 0.25) is 0 Å². The highest BCUT2D eigenvalue weighted by molar-refractivity contribution is 6.02. The van der Waals surface area contributed by atoms with Crippen LogP contribution in [0.3, 0.4) is 0 Å². The van der Waals surface area contributed by atoms with E-state index >= 15 is 0 Å². The first-order valence-corrected chi connectivity index (χ1v) is 12.8. The smallest absolute Gasteiger partial charge is 0.257 e. The van der Waals surface area contributed by atoms with Crippen LogP contribution in [0, 0.1) is 0 Å². The molecule has 0 radical (unpaired) electrons. The minimum absolute atomic E-state index is 0.0646. The number of benzene rings is 2. The molecule has 2 aromatic carbocycles. The van der Waals surface area contributed by atoms with E-state index < -0.39 is 0 Å². The van der Waals surface area contributed by atoms with Gasteiger partial charge in [0, 0.05) is 50.6 Å². The number of rotatable bonds is 8. The third-order valence-corrected chi connectivity index (χ3v) is 7.61. The first-order chi connectivity index (χ1) is 17.0. The minimum Gasteiger partial charge on any atom is -0.355 e. The van der Waals surface area contributed by atoms with Gasteiger partial charge in [0.2, 0.25) is 5.91 Å². The number of hydrogen-bond donors (Lipinski definition) is 1. The Hall–Kier alpha value is -3.32. The number of aromatic nitrogens is 1. The van der Waals surface area contributed by atoms with Gasteiger partial charge in [-0.3, -0.25) is 9.59 Å². The number of nitrogens with zero attached hydrogens (tertiary/aromatic N) is 4. The van der Waals surface area contributed by atoms with Gasteiger partial charge in [0.1, 0.15) is 6.17 Å². The van der Waals surface area contributed by atoms with Gasteiger partial charge in [-0.2, -0.15) is 0 Å².